The number of nitriles is 2. The molecule has 3 nitrogen and oxygen atoms in total. The van der Waals surface area contributed by atoms with E-state index in [0.717, 1.165) is 11.1 Å². The molecule has 3 heteroatoms. The van der Waals surface area contributed by atoms with Gasteiger partial charge in [-0.1, -0.05) is 24.0 Å². The standard InChI is InChI=1S/C14H10N2O/c15-10-14(11-16)9-13-6-4-12(5-7-13)3-1-2-8-17/h4-7,9,17H,2,8H2. The van der Waals surface area contributed by atoms with E-state index in [-0.39, 0.29) is 12.2 Å². The molecule has 1 aromatic rings. The maximum Gasteiger partial charge on any atom is 0.130 e. The predicted octanol–water partition coefficient (Wildman–Crippen LogP) is 1.85. The molecule has 0 unspecified atom stereocenters. The van der Waals surface area contributed by atoms with E-state index in [0.29, 0.717) is 6.42 Å². The fourth-order valence-electron chi connectivity index (χ4n) is 1.14. The molecule has 82 valence electrons. The van der Waals surface area contributed by atoms with Crippen LogP contribution in [0.3, 0.4) is 0 Å². The van der Waals surface area contributed by atoms with Gasteiger partial charge in [-0.05, 0) is 23.8 Å². The molecule has 0 aromatic heterocycles. The van der Waals surface area contributed by atoms with Gasteiger partial charge in [0.15, 0.2) is 0 Å². The predicted molar refractivity (Wildman–Crippen MR) is 64.2 cm³/mol. The third-order valence-corrected chi connectivity index (χ3v) is 1.93. The average Bonchev–Trinajstić information content (AvgIpc) is 2.38. The second-order valence-electron chi connectivity index (χ2n) is 3.18. The molecule has 0 spiro atoms. The monoisotopic (exact) mass is 222 g/mol. The van der Waals surface area contributed by atoms with Gasteiger partial charge in [-0.3, -0.25) is 0 Å². The molecule has 0 saturated carbocycles. The van der Waals surface area contributed by atoms with E-state index < -0.39 is 0 Å². The molecule has 0 amide bonds. The second kappa shape index (κ2) is 6.85. The van der Waals surface area contributed by atoms with Gasteiger partial charge in [0.05, 0.1) is 6.61 Å². The van der Waals surface area contributed by atoms with Gasteiger partial charge in [-0.2, -0.15) is 10.5 Å². The summed E-state index contributed by atoms with van der Waals surface area (Å²) in [6, 6.07) is 10.8. The Morgan fingerprint density at radius 1 is 1.18 bits per heavy atom. The third-order valence-electron chi connectivity index (χ3n) is 1.93. The van der Waals surface area contributed by atoms with Gasteiger partial charge in [0.1, 0.15) is 17.7 Å². The first-order chi connectivity index (χ1) is 8.30. The number of hydrogen-bond acceptors (Lipinski definition) is 3. The molecule has 0 radical (unpaired) electrons. The molecule has 0 fully saturated rings. The minimum absolute atomic E-state index is 0.0571. The minimum Gasteiger partial charge on any atom is -0.395 e. The van der Waals surface area contributed by atoms with Gasteiger partial charge in [-0.15, -0.1) is 0 Å². The van der Waals surface area contributed by atoms with E-state index in [4.69, 9.17) is 15.6 Å². The zero-order valence-corrected chi connectivity index (χ0v) is 9.14. The molecule has 0 aliphatic rings. The van der Waals surface area contributed by atoms with E-state index in [2.05, 4.69) is 11.8 Å². The Morgan fingerprint density at radius 3 is 2.35 bits per heavy atom. The van der Waals surface area contributed by atoms with Gasteiger partial charge in [0, 0.05) is 12.0 Å². The van der Waals surface area contributed by atoms with Gasteiger partial charge in [0.2, 0.25) is 0 Å². The summed E-state index contributed by atoms with van der Waals surface area (Å²) in [5.74, 6) is 5.71. The van der Waals surface area contributed by atoms with Crippen molar-refractivity contribution in [3.8, 4) is 24.0 Å². The lowest BCUT2D eigenvalue weighted by Gasteiger charge is -1.93. The smallest absolute Gasteiger partial charge is 0.130 e. The highest BCUT2D eigenvalue weighted by Gasteiger charge is 1.93. The molecule has 0 saturated heterocycles. The summed E-state index contributed by atoms with van der Waals surface area (Å²) in [4.78, 5) is 0. The SMILES string of the molecule is N#CC(C#N)=Cc1ccc(C#CCCO)cc1. The van der Waals surface area contributed by atoms with Crippen LogP contribution in [0.1, 0.15) is 17.5 Å². The van der Waals surface area contributed by atoms with Crippen molar-refractivity contribution in [3.05, 3.63) is 41.0 Å². The van der Waals surface area contributed by atoms with Crippen LogP contribution in [0.25, 0.3) is 6.08 Å². The summed E-state index contributed by atoms with van der Waals surface area (Å²) < 4.78 is 0. The number of nitrogens with zero attached hydrogens (tertiary/aromatic N) is 2. The number of hydrogen-bond donors (Lipinski definition) is 1. The van der Waals surface area contributed by atoms with Gasteiger partial charge < -0.3 is 5.11 Å². The van der Waals surface area contributed by atoms with Gasteiger partial charge in [0.25, 0.3) is 0 Å². The van der Waals surface area contributed by atoms with Crippen LogP contribution in [0.15, 0.2) is 29.8 Å². The fourth-order valence-corrected chi connectivity index (χ4v) is 1.14. The van der Waals surface area contributed by atoms with E-state index in [1.54, 1.807) is 24.3 Å². The Bertz CT molecular complexity index is 529. The topological polar surface area (TPSA) is 67.8 Å². The lowest BCUT2D eigenvalue weighted by atomic mass is 10.1. The summed E-state index contributed by atoms with van der Waals surface area (Å²) in [6.07, 6.45) is 1.97. The van der Waals surface area contributed by atoms with Crippen LogP contribution < -0.4 is 0 Å². The van der Waals surface area contributed by atoms with Crippen LogP contribution in [0.2, 0.25) is 0 Å². The van der Waals surface area contributed by atoms with Crippen LogP contribution in [-0.4, -0.2) is 11.7 Å². The highest BCUT2D eigenvalue weighted by Crippen LogP contribution is 2.07. The quantitative estimate of drug-likeness (QED) is 0.613. The maximum absolute atomic E-state index is 8.60. The van der Waals surface area contributed by atoms with Crippen molar-refractivity contribution < 1.29 is 5.11 Å². The Hall–Kier alpha value is -2.54. The molecule has 0 bridgehead atoms. The van der Waals surface area contributed by atoms with Crippen molar-refractivity contribution in [2.24, 2.45) is 0 Å². The normalized spacial score (nSPS) is 8.18. The molecular formula is C14H10N2O. The first-order valence-electron chi connectivity index (χ1n) is 5.02. The zero-order chi connectivity index (χ0) is 12.5. The van der Waals surface area contributed by atoms with Crippen LogP contribution in [0.5, 0.6) is 0 Å². The summed E-state index contributed by atoms with van der Waals surface area (Å²) in [5, 5.41) is 25.8. The molecule has 17 heavy (non-hydrogen) atoms. The molecule has 0 aliphatic carbocycles. The Labute approximate surface area is 100 Å². The molecule has 0 aliphatic heterocycles. The van der Waals surface area contributed by atoms with Crippen molar-refractivity contribution >= 4 is 6.08 Å². The summed E-state index contributed by atoms with van der Waals surface area (Å²) >= 11 is 0. The van der Waals surface area contributed by atoms with Crippen molar-refractivity contribution in [1.82, 2.24) is 0 Å². The molecule has 1 N–H and O–H groups in total. The second-order valence-corrected chi connectivity index (χ2v) is 3.18. The number of rotatable bonds is 2. The zero-order valence-electron chi connectivity index (χ0n) is 9.14. The minimum atomic E-state index is 0.0571. The lowest BCUT2D eigenvalue weighted by Crippen LogP contribution is -1.80. The van der Waals surface area contributed by atoms with Crippen LogP contribution in [0, 0.1) is 34.5 Å². The molecule has 0 heterocycles. The van der Waals surface area contributed by atoms with E-state index >= 15 is 0 Å². The highest BCUT2D eigenvalue weighted by molar-refractivity contribution is 5.62. The van der Waals surface area contributed by atoms with Crippen molar-refractivity contribution in [3.63, 3.8) is 0 Å². The average molecular weight is 222 g/mol. The largest absolute Gasteiger partial charge is 0.395 e. The van der Waals surface area contributed by atoms with Crippen molar-refractivity contribution in [1.29, 1.82) is 10.5 Å². The van der Waals surface area contributed by atoms with Crippen LogP contribution in [-0.2, 0) is 0 Å². The van der Waals surface area contributed by atoms with Gasteiger partial charge in [-0.25, -0.2) is 0 Å². The Kier molecular flexibility index (Phi) is 5.05. The summed E-state index contributed by atoms with van der Waals surface area (Å²) in [7, 11) is 0. The van der Waals surface area contributed by atoms with E-state index in [1.807, 2.05) is 12.1 Å². The first kappa shape index (κ1) is 12.5. The lowest BCUT2D eigenvalue weighted by molar-refractivity contribution is 0.305. The van der Waals surface area contributed by atoms with E-state index in [1.165, 1.54) is 6.08 Å². The Balaban J connectivity index is 2.84. The summed E-state index contributed by atoms with van der Waals surface area (Å²) in [5.41, 5.74) is 1.70. The number of aliphatic hydroxyl groups is 1. The third kappa shape index (κ3) is 4.22. The Morgan fingerprint density at radius 2 is 1.82 bits per heavy atom. The number of aliphatic hydroxyl groups excluding tert-OH is 1. The highest BCUT2D eigenvalue weighted by atomic mass is 16.2. The number of benzene rings is 1. The molecule has 1 rings (SSSR count). The first-order valence-corrected chi connectivity index (χ1v) is 5.02. The van der Waals surface area contributed by atoms with E-state index in [9.17, 15) is 0 Å². The van der Waals surface area contributed by atoms with Gasteiger partial charge >= 0.3 is 0 Å². The summed E-state index contributed by atoms with van der Waals surface area (Å²) in [6.45, 7) is 0.0571. The van der Waals surface area contributed by atoms with Crippen molar-refractivity contribution in [2.75, 3.05) is 6.61 Å². The van der Waals surface area contributed by atoms with Crippen LogP contribution in [0.4, 0.5) is 0 Å². The maximum atomic E-state index is 8.60. The van der Waals surface area contributed by atoms with Crippen molar-refractivity contribution in [2.45, 2.75) is 6.42 Å². The number of allylic oxidation sites excluding steroid dienone is 1. The molecule has 1 aromatic carbocycles. The van der Waals surface area contributed by atoms with Crippen LogP contribution >= 0.6 is 0 Å². The molecular weight excluding hydrogens is 212 g/mol. The molecule has 0 atom stereocenters. The fraction of sp³-hybridized carbons (Fsp3) is 0.143.